The van der Waals surface area contributed by atoms with Crippen LogP contribution in [0, 0.1) is 0 Å². The van der Waals surface area contributed by atoms with Crippen molar-refractivity contribution in [3.05, 3.63) is 23.8 Å². The molecule has 76 valence electrons. The van der Waals surface area contributed by atoms with Crippen LogP contribution >= 0.6 is 0 Å². The average molecular weight is 194 g/mol. The Kier molecular flexibility index (Phi) is 3.98. The van der Waals surface area contributed by atoms with Crippen LogP contribution in [0.15, 0.2) is 18.2 Å². The summed E-state index contributed by atoms with van der Waals surface area (Å²) in [6.45, 7) is 2.68. The molecule has 0 aliphatic carbocycles. The zero-order valence-corrected chi connectivity index (χ0v) is 8.19. The van der Waals surface area contributed by atoms with Gasteiger partial charge in [-0.2, -0.15) is 0 Å². The highest BCUT2D eigenvalue weighted by Crippen LogP contribution is 2.20. The van der Waals surface area contributed by atoms with E-state index in [4.69, 9.17) is 4.74 Å². The minimum atomic E-state index is 0.0566. The van der Waals surface area contributed by atoms with E-state index in [1.54, 1.807) is 6.07 Å². The van der Waals surface area contributed by atoms with Crippen LogP contribution < -0.4 is 4.74 Å². The van der Waals surface area contributed by atoms with Gasteiger partial charge in [0.15, 0.2) is 0 Å². The van der Waals surface area contributed by atoms with E-state index >= 15 is 0 Å². The predicted octanol–water partition coefficient (Wildman–Crippen LogP) is 2.38. The number of rotatable bonds is 5. The van der Waals surface area contributed by atoms with Crippen molar-refractivity contribution in [2.45, 2.75) is 19.8 Å². The number of hydrogen-bond acceptors (Lipinski definition) is 3. The Labute approximate surface area is 83.3 Å². The zero-order valence-electron chi connectivity index (χ0n) is 8.19. The predicted molar refractivity (Wildman–Crippen MR) is 53.9 cm³/mol. The topological polar surface area (TPSA) is 46.5 Å². The molecule has 0 amide bonds. The molecule has 0 saturated heterocycles. The van der Waals surface area contributed by atoms with Crippen LogP contribution in [-0.4, -0.2) is 18.0 Å². The number of ether oxygens (including phenoxy) is 1. The number of phenols is 1. The molecule has 1 rings (SSSR count). The maximum atomic E-state index is 10.5. The minimum Gasteiger partial charge on any atom is -0.508 e. The summed E-state index contributed by atoms with van der Waals surface area (Å²) in [4.78, 5) is 10.5. The number of carbonyl (C=O) groups is 1. The van der Waals surface area contributed by atoms with Crippen LogP contribution in [0.25, 0.3) is 0 Å². The van der Waals surface area contributed by atoms with Gasteiger partial charge in [0, 0.05) is 11.6 Å². The number of phenolic OH excluding ortho intramolecular Hbond substituents is 1. The molecule has 0 heterocycles. The van der Waals surface area contributed by atoms with E-state index in [9.17, 15) is 9.90 Å². The monoisotopic (exact) mass is 194 g/mol. The van der Waals surface area contributed by atoms with Gasteiger partial charge in [0.2, 0.25) is 0 Å². The number of aldehydes is 1. The maximum absolute atomic E-state index is 10.5. The van der Waals surface area contributed by atoms with E-state index in [0.29, 0.717) is 24.2 Å². The van der Waals surface area contributed by atoms with Gasteiger partial charge in [0.1, 0.15) is 17.8 Å². The summed E-state index contributed by atoms with van der Waals surface area (Å²) >= 11 is 0. The van der Waals surface area contributed by atoms with Crippen molar-refractivity contribution in [3.8, 4) is 11.5 Å². The van der Waals surface area contributed by atoms with E-state index in [-0.39, 0.29) is 5.75 Å². The van der Waals surface area contributed by atoms with Gasteiger partial charge in [-0.25, -0.2) is 0 Å². The summed E-state index contributed by atoms with van der Waals surface area (Å²) in [5.74, 6) is 0.599. The second-order valence-corrected chi connectivity index (χ2v) is 3.08. The summed E-state index contributed by atoms with van der Waals surface area (Å²) < 4.78 is 5.35. The number of unbranched alkanes of at least 4 members (excludes halogenated alkanes) is 1. The molecule has 1 aromatic rings. The van der Waals surface area contributed by atoms with Crippen molar-refractivity contribution in [3.63, 3.8) is 0 Å². The molecule has 0 aromatic heterocycles. The van der Waals surface area contributed by atoms with Crippen molar-refractivity contribution in [2.24, 2.45) is 0 Å². The smallest absolute Gasteiger partial charge is 0.150 e. The molecule has 0 unspecified atom stereocenters. The standard InChI is InChI=1S/C11H14O3/c1-2-3-4-14-11-6-9(8-12)5-10(13)7-11/h5-8,13H,2-4H2,1H3. The summed E-state index contributed by atoms with van der Waals surface area (Å²) in [5.41, 5.74) is 0.427. The Hall–Kier alpha value is -1.51. The lowest BCUT2D eigenvalue weighted by Crippen LogP contribution is -1.96. The molecule has 3 nitrogen and oxygen atoms in total. The Morgan fingerprint density at radius 2 is 2.21 bits per heavy atom. The van der Waals surface area contributed by atoms with Crippen LogP contribution in [-0.2, 0) is 0 Å². The van der Waals surface area contributed by atoms with Gasteiger partial charge in [-0.05, 0) is 18.6 Å². The van der Waals surface area contributed by atoms with Crippen molar-refractivity contribution in [1.82, 2.24) is 0 Å². The third kappa shape index (κ3) is 3.09. The summed E-state index contributed by atoms with van der Waals surface area (Å²) in [6, 6.07) is 4.52. The molecular formula is C11H14O3. The highest BCUT2D eigenvalue weighted by atomic mass is 16.5. The third-order valence-electron chi connectivity index (χ3n) is 1.82. The molecule has 0 bridgehead atoms. The first-order valence-electron chi connectivity index (χ1n) is 4.68. The fraction of sp³-hybridized carbons (Fsp3) is 0.364. The Bertz CT molecular complexity index is 307. The molecule has 0 fully saturated rings. The molecule has 14 heavy (non-hydrogen) atoms. The van der Waals surface area contributed by atoms with Crippen LogP contribution in [0.3, 0.4) is 0 Å². The van der Waals surface area contributed by atoms with Gasteiger partial charge < -0.3 is 9.84 Å². The number of aromatic hydroxyl groups is 1. The zero-order chi connectivity index (χ0) is 10.4. The molecule has 0 atom stereocenters. The molecule has 0 radical (unpaired) electrons. The van der Waals surface area contributed by atoms with Gasteiger partial charge in [-0.15, -0.1) is 0 Å². The Morgan fingerprint density at radius 3 is 2.86 bits per heavy atom. The second kappa shape index (κ2) is 5.27. The minimum absolute atomic E-state index is 0.0566. The normalized spacial score (nSPS) is 9.79. The molecule has 1 N–H and O–H groups in total. The molecule has 0 aliphatic rings. The maximum Gasteiger partial charge on any atom is 0.150 e. The Morgan fingerprint density at radius 1 is 1.43 bits per heavy atom. The molecule has 0 saturated carbocycles. The van der Waals surface area contributed by atoms with E-state index in [2.05, 4.69) is 6.92 Å². The van der Waals surface area contributed by atoms with E-state index < -0.39 is 0 Å². The fourth-order valence-electron chi connectivity index (χ4n) is 1.09. The lowest BCUT2D eigenvalue weighted by atomic mass is 10.2. The third-order valence-corrected chi connectivity index (χ3v) is 1.82. The van der Waals surface area contributed by atoms with Gasteiger partial charge >= 0.3 is 0 Å². The van der Waals surface area contributed by atoms with Crippen LogP contribution in [0.5, 0.6) is 11.5 Å². The molecular weight excluding hydrogens is 180 g/mol. The number of carbonyl (C=O) groups excluding carboxylic acids is 1. The number of benzene rings is 1. The van der Waals surface area contributed by atoms with Crippen LogP contribution in [0.2, 0.25) is 0 Å². The SMILES string of the molecule is CCCCOc1cc(O)cc(C=O)c1. The van der Waals surface area contributed by atoms with Crippen LogP contribution in [0.4, 0.5) is 0 Å². The van der Waals surface area contributed by atoms with Gasteiger partial charge in [0.05, 0.1) is 6.61 Å². The van der Waals surface area contributed by atoms with Crippen molar-refractivity contribution < 1.29 is 14.6 Å². The lowest BCUT2D eigenvalue weighted by molar-refractivity contribution is 0.112. The highest BCUT2D eigenvalue weighted by molar-refractivity contribution is 5.76. The lowest BCUT2D eigenvalue weighted by Gasteiger charge is -2.06. The first-order valence-corrected chi connectivity index (χ1v) is 4.68. The summed E-state index contributed by atoms with van der Waals surface area (Å²) in [5, 5.41) is 9.24. The fourth-order valence-corrected chi connectivity index (χ4v) is 1.09. The van der Waals surface area contributed by atoms with E-state index in [1.165, 1.54) is 12.1 Å². The first kappa shape index (κ1) is 10.6. The summed E-state index contributed by atoms with van der Waals surface area (Å²) in [6.07, 6.45) is 2.71. The highest BCUT2D eigenvalue weighted by Gasteiger charge is 1.99. The van der Waals surface area contributed by atoms with Crippen molar-refractivity contribution in [2.75, 3.05) is 6.61 Å². The van der Waals surface area contributed by atoms with Gasteiger partial charge in [-0.3, -0.25) is 4.79 Å². The van der Waals surface area contributed by atoms with E-state index in [0.717, 1.165) is 12.8 Å². The van der Waals surface area contributed by atoms with Gasteiger partial charge in [-0.1, -0.05) is 13.3 Å². The van der Waals surface area contributed by atoms with Gasteiger partial charge in [0.25, 0.3) is 0 Å². The quantitative estimate of drug-likeness (QED) is 0.578. The molecule has 1 aromatic carbocycles. The molecule has 0 aliphatic heterocycles. The number of hydrogen-bond donors (Lipinski definition) is 1. The molecule has 3 heteroatoms. The largest absolute Gasteiger partial charge is 0.508 e. The van der Waals surface area contributed by atoms with Crippen molar-refractivity contribution in [1.29, 1.82) is 0 Å². The van der Waals surface area contributed by atoms with E-state index in [1.807, 2.05) is 0 Å². The molecule has 0 spiro atoms. The first-order chi connectivity index (χ1) is 6.76. The summed E-state index contributed by atoms with van der Waals surface area (Å²) in [7, 11) is 0. The Balaban J connectivity index is 2.66. The van der Waals surface area contributed by atoms with Crippen molar-refractivity contribution >= 4 is 6.29 Å². The average Bonchev–Trinajstić information content (AvgIpc) is 2.17. The second-order valence-electron chi connectivity index (χ2n) is 3.08. The van der Waals surface area contributed by atoms with Crippen LogP contribution in [0.1, 0.15) is 30.1 Å².